The molecule has 32 heavy (non-hydrogen) atoms. The van der Waals surface area contributed by atoms with Gasteiger partial charge in [-0.05, 0) is 45.9 Å². The fourth-order valence-electron chi connectivity index (χ4n) is 2.96. The van der Waals surface area contributed by atoms with E-state index in [-0.39, 0.29) is 0 Å². The number of carbonyl (C=O) groups is 1. The third-order valence-electron chi connectivity index (χ3n) is 4.27. The zero-order valence-electron chi connectivity index (χ0n) is 18.7. The number of esters is 1. The fraction of sp³-hybridized carbons (Fsp3) is 0.409. The van der Waals surface area contributed by atoms with Crippen molar-refractivity contribution in [1.82, 2.24) is 10.2 Å². The van der Waals surface area contributed by atoms with Crippen LogP contribution in [0.25, 0.3) is 11.5 Å². The second kappa shape index (κ2) is 10.9. The highest BCUT2D eigenvalue weighted by atomic mass is 32.2. The number of hydrogen-bond acceptors (Lipinski definition) is 10. The van der Waals surface area contributed by atoms with Gasteiger partial charge in [0.25, 0.3) is 5.22 Å². The largest absolute Gasteiger partial charge is 0.490 e. The number of furan rings is 1. The van der Waals surface area contributed by atoms with Crippen LogP contribution in [0.4, 0.5) is 0 Å². The molecular formula is C22H26N2O7S. The van der Waals surface area contributed by atoms with Gasteiger partial charge in [0.15, 0.2) is 11.5 Å². The average molecular weight is 463 g/mol. The van der Waals surface area contributed by atoms with Crippen molar-refractivity contribution >= 4 is 17.7 Å². The molecule has 0 amide bonds. The highest BCUT2D eigenvalue weighted by Crippen LogP contribution is 2.42. The van der Waals surface area contributed by atoms with Crippen LogP contribution in [0.5, 0.6) is 17.2 Å². The quantitative estimate of drug-likeness (QED) is 0.288. The molecule has 0 aliphatic heterocycles. The van der Waals surface area contributed by atoms with Gasteiger partial charge in [0.05, 0.1) is 32.7 Å². The number of ether oxygens (including phenoxy) is 4. The fourth-order valence-corrected chi connectivity index (χ4v) is 3.60. The number of benzene rings is 1. The van der Waals surface area contributed by atoms with Crippen molar-refractivity contribution in [2.45, 2.75) is 38.7 Å². The van der Waals surface area contributed by atoms with Gasteiger partial charge in [-0.2, -0.15) is 0 Å². The molecule has 1 aromatic carbocycles. The smallest absolute Gasteiger partial charge is 0.341 e. The van der Waals surface area contributed by atoms with E-state index in [2.05, 4.69) is 10.2 Å². The molecule has 0 saturated heterocycles. The molecule has 10 heteroatoms. The van der Waals surface area contributed by atoms with Crippen molar-refractivity contribution in [3.8, 4) is 28.7 Å². The number of aryl methyl sites for hydroxylation is 1. The van der Waals surface area contributed by atoms with E-state index in [1.54, 1.807) is 25.1 Å². The molecule has 3 rings (SSSR count). The van der Waals surface area contributed by atoms with Crippen LogP contribution in [0.1, 0.15) is 42.6 Å². The topological polar surface area (TPSA) is 106 Å². The van der Waals surface area contributed by atoms with E-state index < -0.39 is 5.97 Å². The Bertz CT molecular complexity index is 1030. The van der Waals surface area contributed by atoms with Crippen molar-refractivity contribution < 1.29 is 32.6 Å². The number of hydrogen-bond donors (Lipinski definition) is 0. The summed E-state index contributed by atoms with van der Waals surface area (Å²) in [4.78, 5) is 11.7. The number of carbonyl (C=O) groups excluding carboxylic acids is 1. The van der Waals surface area contributed by atoms with Crippen LogP contribution in [0.3, 0.4) is 0 Å². The summed E-state index contributed by atoms with van der Waals surface area (Å²) in [7, 11) is 1.33. The molecule has 0 fully saturated rings. The standard InChI is InChI=1S/C22H26N2O7S/c1-6-27-17-9-14(10-18(28-7-2)19(17)29-8-3)20-23-24-22(31-20)32-12-15-11-16(13(4)30-15)21(25)26-5/h9-11H,6-8,12H2,1-5H3. The summed E-state index contributed by atoms with van der Waals surface area (Å²) in [6.45, 7) is 8.81. The Morgan fingerprint density at radius 1 is 0.969 bits per heavy atom. The molecule has 3 aromatic rings. The van der Waals surface area contributed by atoms with Crippen LogP contribution in [0, 0.1) is 6.92 Å². The van der Waals surface area contributed by atoms with E-state index in [1.807, 2.05) is 20.8 Å². The Labute approximate surface area is 190 Å². The zero-order chi connectivity index (χ0) is 23.1. The summed E-state index contributed by atoms with van der Waals surface area (Å²) < 4.78 is 33.4. The van der Waals surface area contributed by atoms with Crippen LogP contribution in [0.2, 0.25) is 0 Å². The Morgan fingerprint density at radius 3 is 2.22 bits per heavy atom. The molecule has 0 saturated carbocycles. The Kier molecular flexibility index (Phi) is 8.04. The lowest BCUT2D eigenvalue weighted by Gasteiger charge is -2.16. The first-order chi connectivity index (χ1) is 15.5. The highest BCUT2D eigenvalue weighted by Gasteiger charge is 2.20. The maximum Gasteiger partial charge on any atom is 0.341 e. The third kappa shape index (κ3) is 5.37. The van der Waals surface area contributed by atoms with Gasteiger partial charge in [-0.15, -0.1) is 10.2 Å². The lowest BCUT2D eigenvalue weighted by Crippen LogP contribution is -2.03. The van der Waals surface area contributed by atoms with E-state index >= 15 is 0 Å². The summed E-state index contributed by atoms with van der Waals surface area (Å²) in [6.07, 6.45) is 0. The molecule has 172 valence electrons. The van der Waals surface area contributed by atoms with Crippen molar-refractivity contribution in [2.24, 2.45) is 0 Å². The number of rotatable bonds is 11. The van der Waals surface area contributed by atoms with Gasteiger partial charge < -0.3 is 27.8 Å². The van der Waals surface area contributed by atoms with Crippen molar-refractivity contribution in [3.05, 3.63) is 35.3 Å². The molecule has 0 aliphatic rings. The van der Waals surface area contributed by atoms with E-state index in [9.17, 15) is 4.79 Å². The summed E-state index contributed by atoms with van der Waals surface area (Å²) in [5.41, 5.74) is 1.05. The first kappa shape index (κ1) is 23.5. The van der Waals surface area contributed by atoms with Crippen LogP contribution in [-0.4, -0.2) is 43.1 Å². The van der Waals surface area contributed by atoms with Crippen LogP contribution < -0.4 is 14.2 Å². The third-order valence-corrected chi connectivity index (χ3v) is 5.12. The maximum atomic E-state index is 11.7. The van der Waals surface area contributed by atoms with E-state index in [0.717, 1.165) is 0 Å². The van der Waals surface area contributed by atoms with Crippen molar-refractivity contribution in [2.75, 3.05) is 26.9 Å². The number of thioether (sulfide) groups is 1. The first-order valence-corrected chi connectivity index (χ1v) is 11.2. The summed E-state index contributed by atoms with van der Waals surface area (Å²) in [5, 5.41) is 8.60. The molecule has 0 radical (unpaired) electrons. The molecule has 0 spiro atoms. The molecule has 0 atom stereocenters. The molecule has 0 N–H and O–H groups in total. The number of aromatic nitrogens is 2. The van der Waals surface area contributed by atoms with Crippen molar-refractivity contribution in [1.29, 1.82) is 0 Å². The maximum absolute atomic E-state index is 11.7. The average Bonchev–Trinajstić information content (AvgIpc) is 3.40. The van der Waals surface area contributed by atoms with Crippen LogP contribution in [-0.2, 0) is 10.5 Å². The summed E-state index contributed by atoms with van der Waals surface area (Å²) >= 11 is 1.30. The Balaban J connectivity index is 1.80. The lowest BCUT2D eigenvalue weighted by molar-refractivity contribution is 0.0599. The van der Waals surface area contributed by atoms with Crippen molar-refractivity contribution in [3.63, 3.8) is 0 Å². The lowest BCUT2D eigenvalue weighted by atomic mass is 10.2. The molecule has 0 unspecified atom stereocenters. The van der Waals surface area contributed by atoms with E-state index in [4.69, 9.17) is 27.8 Å². The van der Waals surface area contributed by atoms with Gasteiger partial charge in [0.2, 0.25) is 11.6 Å². The van der Waals surface area contributed by atoms with E-state index in [0.29, 0.717) is 76.6 Å². The monoisotopic (exact) mass is 462 g/mol. The Morgan fingerprint density at radius 2 is 1.62 bits per heavy atom. The van der Waals surface area contributed by atoms with E-state index in [1.165, 1.54) is 18.9 Å². The molecular weight excluding hydrogens is 436 g/mol. The molecule has 0 bridgehead atoms. The predicted molar refractivity (Wildman–Crippen MR) is 118 cm³/mol. The van der Waals surface area contributed by atoms with Crippen LogP contribution >= 0.6 is 11.8 Å². The molecule has 2 aromatic heterocycles. The molecule has 2 heterocycles. The number of nitrogens with zero attached hydrogens (tertiary/aromatic N) is 2. The highest BCUT2D eigenvalue weighted by molar-refractivity contribution is 7.98. The normalized spacial score (nSPS) is 10.8. The summed E-state index contributed by atoms with van der Waals surface area (Å²) in [5.74, 6) is 3.04. The predicted octanol–water partition coefficient (Wildman–Crippen LogP) is 4.91. The SMILES string of the molecule is CCOc1cc(-c2nnc(SCc3cc(C(=O)OC)c(C)o3)o2)cc(OCC)c1OCC. The van der Waals surface area contributed by atoms with Gasteiger partial charge >= 0.3 is 5.97 Å². The summed E-state index contributed by atoms with van der Waals surface area (Å²) in [6, 6.07) is 5.23. The van der Waals surface area contributed by atoms with Gasteiger partial charge in [-0.3, -0.25) is 0 Å². The van der Waals surface area contributed by atoms with Gasteiger partial charge in [-0.1, -0.05) is 11.8 Å². The van der Waals surface area contributed by atoms with Gasteiger partial charge in [0, 0.05) is 5.56 Å². The minimum Gasteiger partial charge on any atom is -0.490 e. The molecule has 9 nitrogen and oxygen atoms in total. The second-order valence-corrected chi connectivity index (χ2v) is 7.36. The first-order valence-electron chi connectivity index (χ1n) is 10.2. The minimum absolute atomic E-state index is 0.323. The zero-order valence-corrected chi connectivity index (χ0v) is 19.5. The minimum atomic E-state index is -0.437. The number of methoxy groups -OCH3 is 1. The second-order valence-electron chi connectivity index (χ2n) is 6.44. The van der Waals surface area contributed by atoms with Gasteiger partial charge in [-0.25, -0.2) is 4.79 Å². The Hall–Kier alpha value is -3.14. The molecule has 0 aliphatic carbocycles. The van der Waals surface area contributed by atoms with Crippen LogP contribution in [0.15, 0.2) is 32.3 Å². The van der Waals surface area contributed by atoms with Gasteiger partial charge in [0.1, 0.15) is 17.1 Å².